The second-order valence-electron chi connectivity index (χ2n) is 5.85. The van der Waals surface area contributed by atoms with E-state index < -0.39 is 73.5 Å². The lowest BCUT2D eigenvalue weighted by molar-refractivity contribution is -0.253. The first-order chi connectivity index (χ1) is 12.9. The van der Waals surface area contributed by atoms with Gasteiger partial charge in [0.2, 0.25) is 5.91 Å². The summed E-state index contributed by atoms with van der Waals surface area (Å²) in [6, 6.07) is -1.10. The highest BCUT2D eigenvalue weighted by atomic mass is 16.6. The average molecular weight is 415 g/mol. The van der Waals surface area contributed by atoms with Crippen molar-refractivity contribution in [3.05, 3.63) is 0 Å². The molecule has 14 nitrogen and oxygen atoms in total. The van der Waals surface area contributed by atoms with Crippen LogP contribution in [0.25, 0.3) is 0 Å². The summed E-state index contributed by atoms with van der Waals surface area (Å²) in [5.74, 6) is -2.22. The minimum absolute atomic E-state index is 0.0809. The lowest BCUT2D eigenvalue weighted by Crippen LogP contribution is -2.63. The van der Waals surface area contributed by atoms with Crippen molar-refractivity contribution in [2.75, 3.05) is 6.61 Å². The van der Waals surface area contributed by atoms with Gasteiger partial charge in [-0.2, -0.15) is 0 Å². The monoisotopic (exact) mass is 415 g/mol. The topological polar surface area (TPSA) is 255 Å². The van der Waals surface area contributed by atoms with E-state index in [1.807, 2.05) is 0 Å². The summed E-state index contributed by atoms with van der Waals surface area (Å²) in [5, 5.41) is 82.6. The summed E-state index contributed by atoms with van der Waals surface area (Å²) < 4.78 is 4.81. The van der Waals surface area contributed by atoms with Gasteiger partial charge in [0.15, 0.2) is 18.7 Å². The van der Waals surface area contributed by atoms with Gasteiger partial charge in [-0.3, -0.25) is 4.79 Å². The fraction of sp³-hybridized carbons (Fsp3) is 0.786. The lowest BCUT2D eigenvalue weighted by Gasteiger charge is -2.40. The highest BCUT2D eigenvalue weighted by molar-refractivity contribution is 5.73. The third kappa shape index (κ3) is 7.34. The number of aliphatic carboxylic acids is 1. The molecule has 0 aromatic carbocycles. The van der Waals surface area contributed by atoms with Crippen molar-refractivity contribution in [3.8, 4) is 0 Å². The molecule has 164 valence electrons. The number of carboxylic acids is 1. The van der Waals surface area contributed by atoms with Crippen LogP contribution in [0.4, 0.5) is 0 Å². The molecule has 0 aromatic heterocycles. The maximum absolute atomic E-state index is 10.7. The number of rotatable bonds is 7. The number of hydrogen-bond donors (Lipinski definition) is 10. The summed E-state index contributed by atoms with van der Waals surface area (Å²) in [6.07, 6.45) is -13.6. The fourth-order valence-electron chi connectivity index (χ4n) is 2.10. The van der Waals surface area contributed by atoms with Gasteiger partial charge in [0.05, 0.1) is 6.61 Å². The third-order valence-corrected chi connectivity index (χ3v) is 3.69. The standard InChI is InChI=1S/C8H15NO6.C6H10O7/c1-3(11)9-5-7(13)6(12)4(2-10)15-8(5)14;7-1-2(8)3(9)4(10)5(11)6(12)13/h4-8,10,12-14H,2H2,1H3,(H,9,11);1-5,8-11H,(H,12,13)/t4-,5-,6-,7-,8?;2-,3+,4-,5+/m10/s1. The number of nitrogens with one attached hydrogen (secondary N) is 1. The molecule has 9 atom stereocenters. The van der Waals surface area contributed by atoms with E-state index in [0.29, 0.717) is 0 Å². The van der Waals surface area contributed by atoms with Crippen LogP contribution in [-0.2, 0) is 19.1 Å². The lowest BCUT2D eigenvalue weighted by atomic mass is 9.97. The van der Waals surface area contributed by atoms with Crippen LogP contribution in [0, 0.1) is 0 Å². The Morgan fingerprint density at radius 1 is 1.07 bits per heavy atom. The summed E-state index contributed by atoms with van der Waals surface area (Å²) in [6.45, 7) is 0.687. The number of carbonyl (C=O) groups excluding carboxylic acids is 2. The average Bonchev–Trinajstić information content (AvgIpc) is 2.65. The van der Waals surface area contributed by atoms with Crippen molar-refractivity contribution in [3.63, 3.8) is 0 Å². The normalized spacial score (nSPS) is 31.4. The van der Waals surface area contributed by atoms with Gasteiger partial charge in [-0.15, -0.1) is 0 Å². The molecule has 1 fully saturated rings. The highest BCUT2D eigenvalue weighted by Crippen LogP contribution is 2.19. The van der Waals surface area contributed by atoms with Crippen LogP contribution in [0.2, 0.25) is 0 Å². The number of carbonyl (C=O) groups is 3. The zero-order valence-electron chi connectivity index (χ0n) is 14.6. The zero-order valence-corrected chi connectivity index (χ0v) is 14.6. The van der Waals surface area contributed by atoms with Gasteiger partial charge in [-0.1, -0.05) is 0 Å². The molecule has 1 rings (SSSR count). The van der Waals surface area contributed by atoms with Crippen molar-refractivity contribution in [1.29, 1.82) is 0 Å². The molecule has 0 radical (unpaired) electrons. The summed E-state index contributed by atoms with van der Waals surface area (Å²) in [5.41, 5.74) is 0. The Kier molecular flexibility index (Phi) is 11.2. The Hall–Kier alpha value is -1.75. The number of amides is 1. The molecule has 10 N–H and O–H groups in total. The summed E-state index contributed by atoms with van der Waals surface area (Å²) in [4.78, 5) is 30.7. The van der Waals surface area contributed by atoms with E-state index in [9.17, 15) is 29.7 Å². The van der Waals surface area contributed by atoms with Crippen molar-refractivity contribution in [1.82, 2.24) is 5.32 Å². The zero-order chi connectivity index (χ0) is 22.2. The molecule has 28 heavy (non-hydrogen) atoms. The Morgan fingerprint density at radius 2 is 1.61 bits per heavy atom. The van der Waals surface area contributed by atoms with Crippen LogP contribution in [0.5, 0.6) is 0 Å². The smallest absolute Gasteiger partial charge is 0.335 e. The Bertz CT molecular complexity index is 517. The minimum atomic E-state index is -2.25. The van der Waals surface area contributed by atoms with E-state index in [-0.39, 0.29) is 6.29 Å². The fourth-order valence-corrected chi connectivity index (χ4v) is 2.10. The van der Waals surface area contributed by atoms with E-state index in [4.69, 9.17) is 35.4 Å². The number of aliphatic hydroxyl groups is 8. The van der Waals surface area contributed by atoms with Crippen LogP contribution in [0.15, 0.2) is 0 Å². The molecule has 1 amide bonds. The van der Waals surface area contributed by atoms with Crippen LogP contribution in [0.1, 0.15) is 6.92 Å². The van der Waals surface area contributed by atoms with E-state index in [1.54, 1.807) is 0 Å². The number of hydrogen-bond acceptors (Lipinski definition) is 12. The van der Waals surface area contributed by atoms with Crippen molar-refractivity contribution in [2.24, 2.45) is 0 Å². The Labute approximate surface area is 158 Å². The molecule has 0 aliphatic carbocycles. The van der Waals surface area contributed by atoms with Gasteiger partial charge in [-0.05, 0) is 0 Å². The van der Waals surface area contributed by atoms with Crippen molar-refractivity contribution >= 4 is 18.2 Å². The van der Waals surface area contributed by atoms with Crippen LogP contribution in [-0.4, -0.2) is 126 Å². The van der Waals surface area contributed by atoms with Crippen molar-refractivity contribution in [2.45, 2.75) is 62.0 Å². The van der Waals surface area contributed by atoms with Gasteiger partial charge in [0.1, 0.15) is 42.7 Å². The molecular weight excluding hydrogens is 390 g/mol. The minimum Gasteiger partial charge on any atom is -0.479 e. The molecule has 0 bridgehead atoms. The molecule has 1 unspecified atom stereocenters. The Morgan fingerprint density at radius 3 is 2.00 bits per heavy atom. The van der Waals surface area contributed by atoms with Gasteiger partial charge in [0.25, 0.3) is 0 Å². The largest absolute Gasteiger partial charge is 0.479 e. The van der Waals surface area contributed by atoms with Crippen LogP contribution in [0.3, 0.4) is 0 Å². The number of ether oxygens (including phenoxy) is 1. The predicted molar refractivity (Wildman–Crippen MR) is 85.3 cm³/mol. The van der Waals surface area contributed by atoms with E-state index in [2.05, 4.69) is 5.32 Å². The quantitative estimate of drug-likeness (QED) is 0.174. The summed E-state index contributed by atoms with van der Waals surface area (Å²) >= 11 is 0. The van der Waals surface area contributed by atoms with Gasteiger partial charge in [-0.25, -0.2) is 4.79 Å². The molecule has 1 aliphatic rings. The SMILES string of the molecule is CC(=O)N[C@H]1C(O)O[C@H](CO)[C@@H](O)[C@@H]1O.O=C[C@H](O)[C@@H](O)[C@H](O)[C@@H](O)C(=O)O. The number of aliphatic hydroxyl groups excluding tert-OH is 8. The van der Waals surface area contributed by atoms with Crippen molar-refractivity contribution < 1.29 is 65.1 Å². The molecule has 0 saturated carbocycles. The molecule has 14 heteroatoms. The molecular formula is C14H25NO13. The third-order valence-electron chi connectivity index (χ3n) is 3.69. The first kappa shape index (κ1) is 26.2. The predicted octanol–water partition coefficient (Wildman–Crippen LogP) is -6.36. The number of carboxylic acid groups (broad SMARTS) is 1. The number of aldehydes is 1. The highest BCUT2D eigenvalue weighted by Gasteiger charge is 2.43. The summed E-state index contributed by atoms with van der Waals surface area (Å²) in [7, 11) is 0. The van der Waals surface area contributed by atoms with E-state index in [0.717, 1.165) is 0 Å². The second kappa shape index (κ2) is 11.9. The second-order valence-corrected chi connectivity index (χ2v) is 5.85. The molecule has 1 saturated heterocycles. The molecule has 0 spiro atoms. The first-order valence-corrected chi connectivity index (χ1v) is 7.86. The van der Waals surface area contributed by atoms with Crippen LogP contribution >= 0.6 is 0 Å². The molecule has 1 aliphatic heterocycles. The van der Waals surface area contributed by atoms with E-state index in [1.165, 1.54) is 6.92 Å². The van der Waals surface area contributed by atoms with E-state index >= 15 is 0 Å². The maximum atomic E-state index is 10.7. The molecule has 0 aromatic rings. The van der Waals surface area contributed by atoms with Gasteiger partial charge >= 0.3 is 5.97 Å². The van der Waals surface area contributed by atoms with Gasteiger partial charge < -0.3 is 60.8 Å². The maximum Gasteiger partial charge on any atom is 0.335 e. The van der Waals surface area contributed by atoms with Crippen LogP contribution < -0.4 is 5.32 Å². The Balaban J connectivity index is 0.000000528. The first-order valence-electron chi connectivity index (χ1n) is 7.86. The van der Waals surface area contributed by atoms with Gasteiger partial charge in [0, 0.05) is 6.92 Å². The molecule has 1 heterocycles.